The van der Waals surface area contributed by atoms with Crippen molar-refractivity contribution >= 4 is 17.3 Å². The average molecular weight is 240 g/mol. The van der Waals surface area contributed by atoms with Crippen molar-refractivity contribution in [3.63, 3.8) is 0 Å². The van der Waals surface area contributed by atoms with Gasteiger partial charge in [0, 0.05) is 23.8 Å². The summed E-state index contributed by atoms with van der Waals surface area (Å²) in [7, 11) is 2.10. The third-order valence-corrected chi connectivity index (χ3v) is 3.20. The number of rotatable bonds is 4. The van der Waals surface area contributed by atoms with Crippen molar-refractivity contribution in [2.24, 2.45) is 5.92 Å². The molecule has 0 aliphatic rings. The van der Waals surface area contributed by atoms with Gasteiger partial charge in [-0.25, -0.2) is 0 Å². The summed E-state index contributed by atoms with van der Waals surface area (Å²) in [6.45, 7) is 8.78. The van der Waals surface area contributed by atoms with Gasteiger partial charge in [-0.1, -0.05) is 31.5 Å². The summed E-state index contributed by atoms with van der Waals surface area (Å²) in [5.74, 6) is 0.645. The summed E-state index contributed by atoms with van der Waals surface area (Å²) < 4.78 is 0. The van der Waals surface area contributed by atoms with Crippen LogP contribution in [0.15, 0.2) is 18.2 Å². The zero-order valence-electron chi connectivity index (χ0n) is 10.9. The average Bonchev–Trinajstić information content (AvgIpc) is 2.19. The molecule has 0 aromatic heterocycles. The first-order chi connectivity index (χ1) is 7.41. The van der Waals surface area contributed by atoms with Crippen molar-refractivity contribution in [1.82, 2.24) is 0 Å². The van der Waals surface area contributed by atoms with E-state index in [1.807, 2.05) is 0 Å². The predicted octanol–water partition coefficient (Wildman–Crippen LogP) is 4.38. The Morgan fingerprint density at radius 1 is 1.19 bits per heavy atom. The number of nitrogens with zero attached hydrogens (tertiary/aromatic N) is 1. The van der Waals surface area contributed by atoms with Crippen LogP contribution in [0, 0.1) is 5.92 Å². The molecule has 0 saturated carbocycles. The quantitative estimate of drug-likeness (QED) is 0.754. The standard InChI is InChI=1S/C14H22ClN/c1-10(2)8-12-6-7-13(9-14(12)15)16(5)11(3)4/h6-7,9-11H,8H2,1-5H3. The smallest absolute Gasteiger partial charge is 0.0458 e. The predicted molar refractivity (Wildman–Crippen MR) is 73.5 cm³/mol. The molecule has 1 aromatic rings. The third-order valence-electron chi connectivity index (χ3n) is 2.85. The molecule has 0 bridgehead atoms. The zero-order valence-corrected chi connectivity index (χ0v) is 11.7. The molecule has 1 nitrogen and oxygen atoms in total. The van der Waals surface area contributed by atoms with Crippen LogP contribution in [-0.2, 0) is 6.42 Å². The minimum atomic E-state index is 0.493. The Morgan fingerprint density at radius 3 is 2.25 bits per heavy atom. The van der Waals surface area contributed by atoms with Gasteiger partial charge in [0.25, 0.3) is 0 Å². The first kappa shape index (κ1) is 13.4. The van der Waals surface area contributed by atoms with Crippen LogP contribution in [0.25, 0.3) is 0 Å². The van der Waals surface area contributed by atoms with Crippen molar-refractivity contribution < 1.29 is 0 Å². The molecule has 90 valence electrons. The number of hydrogen-bond donors (Lipinski definition) is 0. The van der Waals surface area contributed by atoms with E-state index in [0.717, 1.165) is 11.4 Å². The first-order valence-corrected chi connectivity index (χ1v) is 6.31. The maximum atomic E-state index is 6.30. The van der Waals surface area contributed by atoms with Gasteiger partial charge >= 0.3 is 0 Å². The molecule has 0 atom stereocenters. The molecule has 0 amide bonds. The number of hydrogen-bond acceptors (Lipinski definition) is 1. The number of anilines is 1. The molecule has 0 N–H and O–H groups in total. The second-order valence-electron chi connectivity index (χ2n) is 5.08. The highest BCUT2D eigenvalue weighted by molar-refractivity contribution is 6.31. The molecule has 0 heterocycles. The van der Waals surface area contributed by atoms with Crippen LogP contribution < -0.4 is 4.90 Å². The highest BCUT2D eigenvalue weighted by atomic mass is 35.5. The fourth-order valence-corrected chi connectivity index (χ4v) is 1.91. The van der Waals surface area contributed by atoms with Gasteiger partial charge in [0.15, 0.2) is 0 Å². The van der Waals surface area contributed by atoms with Crippen LogP contribution in [-0.4, -0.2) is 13.1 Å². The summed E-state index contributed by atoms with van der Waals surface area (Å²) >= 11 is 6.30. The second-order valence-corrected chi connectivity index (χ2v) is 5.49. The van der Waals surface area contributed by atoms with Gasteiger partial charge in [-0.3, -0.25) is 0 Å². The van der Waals surface area contributed by atoms with Gasteiger partial charge in [-0.05, 0) is 43.9 Å². The van der Waals surface area contributed by atoms with E-state index >= 15 is 0 Å². The van der Waals surface area contributed by atoms with Crippen molar-refractivity contribution in [2.45, 2.75) is 40.2 Å². The van der Waals surface area contributed by atoms with Gasteiger partial charge in [0.1, 0.15) is 0 Å². The van der Waals surface area contributed by atoms with E-state index in [1.54, 1.807) is 0 Å². The Morgan fingerprint density at radius 2 is 1.81 bits per heavy atom. The monoisotopic (exact) mass is 239 g/mol. The lowest BCUT2D eigenvalue weighted by atomic mass is 10.0. The van der Waals surface area contributed by atoms with Gasteiger partial charge < -0.3 is 4.90 Å². The van der Waals surface area contributed by atoms with E-state index in [-0.39, 0.29) is 0 Å². The molecule has 16 heavy (non-hydrogen) atoms. The Kier molecular flexibility index (Phi) is 4.67. The van der Waals surface area contributed by atoms with Crippen LogP contribution in [0.4, 0.5) is 5.69 Å². The Hall–Kier alpha value is -0.690. The normalized spacial score (nSPS) is 11.2. The third kappa shape index (κ3) is 3.41. The fraction of sp³-hybridized carbons (Fsp3) is 0.571. The molecular weight excluding hydrogens is 218 g/mol. The van der Waals surface area contributed by atoms with Crippen LogP contribution in [0.3, 0.4) is 0 Å². The molecule has 0 aliphatic heterocycles. The molecule has 1 rings (SSSR count). The minimum absolute atomic E-state index is 0.493. The Labute approximate surface area is 104 Å². The number of halogens is 1. The first-order valence-electron chi connectivity index (χ1n) is 5.93. The molecule has 0 fully saturated rings. The Bertz CT molecular complexity index is 345. The SMILES string of the molecule is CC(C)Cc1ccc(N(C)C(C)C)cc1Cl. The van der Waals surface area contributed by atoms with E-state index in [0.29, 0.717) is 12.0 Å². The van der Waals surface area contributed by atoms with E-state index in [9.17, 15) is 0 Å². The van der Waals surface area contributed by atoms with Gasteiger partial charge in [0.05, 0.1) is 0 Å². The highest BCUT2D eigenvalue weighted by Gasteiger charge is 2.08. The highest BCUT2D eigenvalue weighted by Crippen LogP contribution is 2.25. The van der Waals surface area contributed by atoms with Crippen LogP contribution in [0.1, 0.15) is 33.3 Å². The van der Waals surface area contributed by atoms with E-state index in [2.05, 4.69) is 57.8 Å². The lowest BCUT2D eigenvalue weighted by Crippen LogP contribution is -2.25. The number of benzene rings is 1. The lowest BCUT2D eigenvalue weighted by Gasteiger charge is -2.24. The van der Waals surface area contributed by atoms with Crippen molar-refractivity contribution in [1.29, 1.82) is 0 Å². The largest absolute Gasteiger partial charge is 0.372 e. The topological polar surface area (TPSA) is 3.24 Å². The van der Waals surface area contributed by atoms with Crippen LogP contribution in [0.5, 0.6) is 0 Å². The molecular formula is C14H22ClN. The van der Waals surface area contributed by atoms with Gasteiger partial charge in [0.2, 0.25) is 0 Å². The molecule has 0 aliphatic carbocycles. The maximum Gasteiger partial charge on any atom is 0.0458 e. The van der Waals surface area contributed by atoms with E-state index in [4.69, 9.17) is 11.6 Å². The Balaban J connectivity index is 2.90. The molecule has 0 spiro atoms. The summed E-state index contributed by atoms with van der Waals surface area (Å²) in [4.78, 5) is 2.23. The van der Waals surface area contributed by atoms with Crippen molar-refractivity contribution in [3.8, 4) is 0 Å². The fourth-order valence-electron chi connectivity index (χ4n) is 1.66. The lowest BCUT2D eigenvalue weighted by molar-refractivity contribution is 0.647. The molecule has 0 radical (unpaired) electrons. The van der Waals surface area contributed by atoms with Crippen molar-refractivity contribution in [3.05, 3.63) is 28.8 Å². The summed E-state index contributed by atoms with van der Waals surface area (Å²) in [5, 5.41) is 0.888. The second kappa shape index (κ2) is 5.58. The maximum absolute atomic E-state index is 6.30. The van der Waals surface area contributed by atoms with E-state index in [1.165, 1.54) is 11.3 Å². The van der Waals surface area contributed by atoms with Gasteiger partial charge in [-0.2, -0.15) is 0 Å². The van der Waals surface area contributed by atoms with Gasteiger partial charge in [-0.15, -0.1) is 0 Å². The van der Waals surface area contributed by atoms with Crippen LogP contribution in [0.2, 0.25) is 5.02 Å². The van der Waals surface area contributed by atoms with Crippen molar-refractivity contribution in [2.75, 3.05) is 11.9 Å². The summed E-state index contributed by atoms with van der Waals surface area (Å²) in [6, 6.07) is 6.87. The molecule has 1 aromatic carbocycles. The minimum Gasteiger partial charge on any atom is -0.372 e. The molecule has 0 unspecified atom stereocenters. The summed E-state index contributed by atoms with van der Waals surface area (Å²) in [5.41, 5.74) is 2.44. The van der Waals surface area contributed by atoms with Crippen LogP contribution >= 0.6 is 11.6 Å². The molecule has 2 heteroatoms. The molecule has 0 saturated heterocycles. The zero-order chi connectivity index (χ0) is 12.3. The summed E-state index contributed by atoms with van der Waals surface area (Å²) in [6.07, 6.45) is 1.05. The van der Waals surface area contributed by atoms with E-state index < -0.39 is 0 Å².